The van der Waals surface area contributed by atoms with Crippen molar-refractivity contribution in [3.63, 3.8) is 0 Å². The van der Waals surface area contributed by atoms with E-state index in [2.05, 4.69) is 20.9 Å². The number of hydrogen-bond acceptors (Lipinski definition) is 4. The molecule has 180 valence electrons. The molecule has 3 aromatic carbocycles. The maximum Gasteiger partial charge on any atom is 0.252 e. The summed E-state index contributed by atoms with van der Waals surface area (Å²) < 4.78 is 0. The monoisotopic (exact) mass is 470 g/mol. The van der Waals surface area contributed by atoms with Crippen molar-refractivity contribution in [1.82, 2.24) is 15.5 Å². The Morgan fingerprint density at radius 2 is 1.37 bits per heavy atom. The number of likely N-dealkylation sites (tertiary alicyclic amines) is 1. The molecule has 0 aliphatic carbocycles. The average molecular weight is 471 g/mol. The van der Waals surface area contributed by atoms with Crippen molar-refractivity contribution in [2.75, 3.05) is 25.0 Å². The number of benzene rings is 3. The molecule has 1 atom stereocenters. The van der Waals surface area contributed by atoms with Crippen LogP contribution in [0.15, 0.2) is 91.0 Å². The zero-order chi connectivity index (χ0) is 24.5. The molecule has 3 N–H and O–H groups in total. The zero-order valence-electron chi connectivity index (χ0n) is 19.5. The van der Waals surface area contributed by atoms with Crippen LogP contribution in [0.4, 0.5) is 5.69 Å². The van der Waals surface area contributed by atoms with Gasteiger partial charge in [-0.05, 0) is 42.7 Å². The Balaban J connectivity index is 1.31. The molecule has 1 heterocycles. The number of para-hydroxylation sites is 1. The van der Waals surface area contributed by atoms with Crippen LogP contribution in [0.25, 0.3) is 0 Å². The Kier molecular flexibility index (Phi) is 8.25. The number of carbonyl (C=O) groups excluding carboxylic acids is 3. The van der Waals surface area contributed by atoms with Gasteiger partial charge in [0.1, 0.15) is 6.04 Å². The molecule has 0 aromatic heterocycles. The fourth-order valence-electron chi connectivity index (χ4n) is 4.19. The first-order chi connectivity index (χ1) is 17.1. The third-order valence-electron chi connectivity index (χ3n) is 6.07. The topological polar surface area (TPSA) is 90.5 Å². The van der Waals surface area contributed by atoms with E-state index < -0.39 is 6.04 Å². The fourth-order valence-corrected chi connectivity index (χ4v) is 4.19. The summed E-state index contributed by atoms with van der Waals surface area (Å²) in [5, 5.41) is 8.90. The summed E-state index contributed by atoms with van der Waals surface area (Å²) >= 11 is 0. The summed E-state index contributed by atoms with van der Waals surface area (Å²) in [5.74, 6) is -0.582. The SMILES string of the molecule is O=C(CN1CCC(NC(=O)C(NC(=O)c2ccccc2)c2ccccc2)CC1)Nc1ccccc1. The zero-order valence-corrected chi connectivity index (χ0v) is 19.5. The molecule has 0 saturated carbocycles. The highest BCUT2D eigenvalue weighted by Crippen LogP contribution is 2.17. The fraction of sp³-hybridized carbons (Fsp3) is 0.250. The van der Waals surface area contributed by atoms with Crippen LogP contribution in [0, 0.1) is 0 Å². The van der Waals surface area contributed by atoms with Gasteiger partial charge in [-0.15, -0.1) is 0 Å². The lowest BCUT2D eigenvalue weighted by molar-refractivity contribution is -0.124. The predicted molar refractivity (Wildman–Crippen MR) is 136 cm³/mol. The molecular weight excluding hydrogens is 440 g/mol. The third kappa shape index (κ3) is 7.01. The quantitative estimate of drug-likeness (QED) is 0.471. The van der Waals surface area contributed by atoms with E-state index in [-0.39, 0.29) is 23.8 Å². The van der Waals surface area contributed by atoms with Crippen LogP contribution in [0.3, 0.4) is 0 Å². The van der Waals surface area contributed by atoms with Crippen LogP contribution in [-0.2, 0) is 9.59 Å². The van der Waals surface area contributed by atoms with Crippen molar-refractivity contribution in [2.24, 2.45) is 0 Å². The highest BCUT2D eigenvalue weighted by atomic mass is 16.2. The first-order valence-corrected chi connectivity index (χ1v) is 11.9. The number of piperidine rings is 1. The number of amides is 3. The second-order valence-corrected chi connectivity index (χ2v) is 8.66. The minimum atomic E-state index is -0.793. The summed E-state index contributed by atoms with van der Waals surface area (Å²) in [4.78, 5) is 40.4. The average Bonchev–Trinajstić information content (AvgIpc) is 2.90. The maximum absolute atomic E-state index is 13.2. The molecule has 3 aromatic rings. The molecule has 7 nitrogen and oxygen atoms in total. The van der Waals surface area contributed by atoms with E-state index in [1.807, 2.05) is 66.7 Å². The van der Waals surface area contributed by atoms with E-state index >= 15 is 0 Å². The second-order valence-electron chi connectivity index (χ2n) is 8.66. The van der Waals surface area contributed by atoms with Gasteiger partial charge in [0, 0.05) is 30.4 Å². The molecule has 7 heteroatoms. The van der Waals surface area contributed by atoms with Crippen LogP contribution >= 0.6 is 0 Å². The van der Waals surface area contributed by atoms with Crippen molar-refractivity contribution >= 4 is 23.4 Å². The van der Waals surface area contributed by atoms with E-state index in [1.54, 1.807) is 24.3 Å². The predicted octanol–water partition coefficient (Wildman–Crippen LogP) is 3.38. The Hall–Kier alpha value is -3.97. The molecular formula is C28H30N4O3. The van der Waals surface area contributed by atoms with E-state index in [1.165, 1.54) is 0 Å². The van der Waals surface area contributed by atoms with Crippen LogP contribution in [0.5, 0.6) is 0 Å². The number of nitrogens with zero attached hydrogens (tertiary/aromatic N) is 1. The third-order valence-corrected chi connectivity index (χ3v) is 6.07. The largest absolute Gasteiger partial charge is 0.351 e. The summed E-state index contributed by atoms with van der Waals surface area (Å²) in [7, 11) is 0. The van der Waals surface area contributed by atoms with Crippen LogP contribution in [0.1, 0.15) is 34.8 Å². The van der Waals surface area contributed by atoms with E-state index in [9.17, 15) is 14.4 Å². The molecule has 4 rings (SSSR count). The molecule has 0 bridgehead atoms. The van der Waals surface area contributed by atoms with Crippen LogP contribution < -0.4 is 16.0 Å². The van der Waals surface area contributed by atoms with Crippen molar-refractivity contribution < 1.29 is 14.4 Å². The molecule has 35 heavy (non-hydrogen) atoms. The van der Waals surface area contributed by atoms with Crippen molar-refractivity contribution in [3.8, 4) is 0 Å². The van der Waals surface area contributed by atoms with Gasteiger partial charge in [0.25, 0.3) is 5.91 Å². The molecule has 1 fully saturated rings. The van der Waals surface area contributed by atoms with Crippen molar-refractivity contribution in [2.45, 2.75) is 24.9 Å². The lowest BCUT2D eigenvalue weighted by atomic mass is 10.0. The molecule has 0 spiro atoms. The number of anilines is 1. The van der Waals surface area contributed by atoms with Crippen molar-refractivity contribution in [3.05, 3.63) is 102 Å². The van der Waals surface area contributed by atoms with Gasteiger partial charge < -0.3 is 16.0 Å². The minimum Gasteiger partial charge on any atom is -0.351 e. The van der Waals surface area contributed by atoms with Crippen LogP contribution in [-0.4, -0.2) is 48.3 Å². The van der Waals surface area contributed by atoms with Gasteiger partial charge in [-0.3, -0.25) is 19.3 Å². The molecule has 1 aliphatic rings. The Morgan fingerprint density at radius 3 is 2.00 bits per heavy atom. The number of hydrogen-bond donors (Lipinski definition) is 3. The van der Waals surface area contributed by atoms with Gasteiger partial charge in [-0.25, -0.2) is 0 Å². The number of rotatable bonds is 8. The van der Waals surface area contributed by atoms with Gasteiger partial charge in [0.05, 0.1) is 6.54 Å². The smallest absolute Gasteiger partial charge is 0.252 e. The van der Waals surface area contributed by atoms with Gasteiger partial charge in [0.15, 0.2) is 0 Å². The van der Waals surface area contributed by atoms with Gasteiger partial charge in [-0.2, -0.15) is 0 Å². The second kappa shape index (κ2) is 11.9. The summed E-state index contributed by atoms with van der Waals surface area (Å²) in [6.45, 7) is 1.73. The number of carbonyl (C=O) groups is 3. The van der Waals surface area contributed by atoms with Crippen LogP contribution in [0.2, 0.25) is 0 Å². The number of nitrogens with one attached hydrogen (secondary N) is 3. The normalized spacial score (nSPS) is 15.1. The Bertz CT molecular complexity index is 1110. The molecule has 1 saturated heterocycles. The summed E-state index contributed by atoms with van der Waals surface area (Å²) in [6, 6.07) is 26.7. The Labute approximate surface area is 205 Å². The molecule has 1 aliphatic heterocycles. The van der Waals surface area contributed by atoms with Gasteiger partial charge in [0.2, 0.25) is 11.8 Å². The standard InChI is InChI=1S/C28H30N4O3/c33-25(29-23-14-8-3-9-15-23)20-32-18-16-24(17-19-32)30-28(35)26(21-10-4-1-5-11-21)31-27(34)22-12-6-2-7-13-22/h1-15,24,26H,16-20H2,(H,29,33)(H,30,35)(H,31,34). The summed E-state index contributed by atoms with van der Waals surface area (Å²) in [6.07, 6.45) is 1.47. The lowest BCUT2D eigenvalue weighted by Gasteiger charge is -2.32. The molecule has 1 unspecified atom stereocenters. The molecule has 3 amide bonds. The van der Waals surface area contributed by atoms with E-state index in [0.29, 0.717) is 25.2 Å². The molecule has 0 radical (unpaired) electrons. The maximum atomic E-state index is 13.2. The minimum absolute atomic E-state index is 0.0178. The van der Waals surface area contributed by atoms with E-state index in [0.717, 1.165) is 24.1 Å². The first kappa shape index (κ1) is 24.2. The summed E-state index contributed by atoms with van der Waals surface area (Å²) in [5.41, 5.74) is 2.01. The van der Waals surface area contributed by atoms with Gasteiger partial charge in [-0.1, -0.05) is 66.7 Å². The van der Waals surface area contributed by atoms with Gasteiger partial charge >= 0.3 is 0 Å². The van der Waals surface area contributed by atoms with Crippen molar-refractivity contribution in [1.29, 1.82) is 0 Å². The van der Waals surface area contributed by atoms with E-state index in [4.69, 9.17) is 0 Å². The Morgan fingerprint density at radius 1 is 0.800 bits per heavy atom. The lowest BCUT2D eigenvalue weighted by Crippen LogP contribution is -2.49. The highest BCUT2D eigenvalue weighted by molar-refractivity contribution is 5.98. The first-order valence-electron chi connectivity index (χ1n) is 11.9. The highest BCUT2D eigenvalue weighted by Gasteiger charge is 2.27.